The summed E-state index contributed by atoms with van der Waals surface area (Å²) >= 11 is 0. The number of aryl methyl sites for hydroxylation is 2. The van der Waals surface area contributed by atoms with Gasteiger partial charge in [-0.3, -0.25) is 9.10 Å². The number of hydrazone groups is 1. The van der Waals surface area contributed by atoms with Crippen molar-refractivity contribution in [2.24, 2.45) is 5.10 Å². The highest BCUT2D eigenvalue weighted by atomic mass is 32.2. The molecule has 1 N–H and O–H groups in total. The van der Waals surface area contributed by atoms with E-state index in [-0.39, 0.29) is 10.7 Å². The minimum absolute atomic E-state index is 0.0591. The number of hydrogen-bond donors (Lipinski definition) is 1. The van der Waals surface area contributed by atoms with Crippen molar-refractivity contribution in [3.05, 3.63) is 107 Å². The van der Waals surface area contributed by atoms with Crippen LogP contribution in [0.25, 0.3) is 5.69 Å². The molecule has 3 aromatic carbocycles. The highest BCUT2D eigenvalue weighted by Crippen LogP contribution is 2.26. The maximum absolute atomic E-state index is 14.4. The summed E-state index contributed by atoms with van der Waals surface area (Å²) in [5.41, 5.74) is 6.25. The van der Waals surface area contributed by atoms with E-state index in [4.69, 9.17) is 4.74 Å². The summed E-state index contributed by atoms with van der Waals surface area (Å²) in [6.07, 6.45) is 1.45. The molecular weight excluding hydrogens is 531 g/mol. The molecule has 1 amide bonds. The fourth-order valence-electron chi connectivity index (χ4n) is 4.29. The van der Waals surface area contributed by atoms with E-state index in [0.29, 0.717) is 29.3 Å². The Labute approximate surface area is 233 Å². The number of ether oxygens (including phenoxy) is 1. The van der Waals surface area contributed by atoms with Crippen LogP contribution >= 0.6 is 0 Å². The molecule has 40 heavy (non-hydrogen) atoms. The van der Waals surface area contributed by atoms with Gasteiger partial charge in [-0.05, 0) is 82.3 Å². The second kappa shape index (κ2) is 12.2. The fraction of sp³-hybridized carbons (Fsp3) is 0.200. The summed E-state index contributed by atoms with van der Waals surface area (Å²) in [5, 5.41) is 4.05. The Morgan fingerprint density at radius 1 is 1.02 bits per heavy atom. The number of hydrogen-bond acceptors (Lipinski definition) is 5. The molecular formula is C30H31FN4O4S. The van der Waals surface area contributed by atoms with Crippen molar-refractivity contribution in [2.45, 2.75) is 32.6 Å². The number of carbonyl (C=O) groups is 1. The Bertz CT molecular complexity index is 1630. The second-order valence-electron chi connectivity index (χ2n) is 9.16. The quantitative estimate of drug-likeness (QED) is 0.210. The summed E-state index contributed by atoms with van der Waals surface area (Å²) in [4.78, 5) is 13.0. The minimum Gasteiger partial charge on any atom is -0.494 e. The maximum Gasteiger partial charge on any atom is 0.264 e. The Kier molecular flexibility index (Phi) is 8.69. The number of halogens is 1. The van der Waals surface area contributed by atoms with Crippen molar-refractivity contribution in [3.8, 4) is 11.4 Å². The molecule has 4 aromatic rings. The van der Waals surface area contributed by atoms with Gasteiger partial charge >= 0.3 is 0 Å². The average Bonchev–Trinajstić information content (AvgIpc) is 3.21. The van der Waals surface area contributed by atoms with Gasteiger partial charge in [0.25, 0.3) is 15.9 Å². The molecule has 4 rings (SSSR count). The van der Waals surface area contributed by atoms with Gasteiger partial charge < -0.3 is 9.30 Å². The lowest BCUT2D eigenvalue weighted by molar-refractivity contribution is -0.119. The van der Waals surface area contributed by atoms with Crippen molar-refractivity contribution in [1.82, 2.24) is 9.99 Å². The molecule has 0 fully saturated rings. The molecule has 0 radical (unpaired) electrons. The zero-order valence-electron chi connectivity index (χ0n) is 22.8. The van der Waals surface area contributed by atoms with E-state index in [1.54, 1.807) is 59.2 Å². The van der Waals surface area contributed by atoms with Crippen LogP contribution in [-0.4, -0.2) is 38.3 Å². The molecule has 0 unspecified atom stereocenters. The van der Waals surface area contributed by atoms with Crippen LogP contribution in [-0.2, 0) is 14.8 Å². The zero-order valence-corrected chi connectivity index (χ0v) is 23.6. The third-order valence-corrected chi connectivity index (χ3v) is 8.08. The third-order valence-electron chi connectivity index (χ3n) is 6.29. The largest absolute Gasteiger partial charge is 0.494 e. The number of para-hydroxylation sites is 1. The van der Waals surface area contributed by atoms with Crippen molar-refractivity contribution < 1.29 is 22.3 Å². The van der Waals surface area contributed by atoms with E-state index in [1.807, 2.05) is 33.8 Å². The van der Waals surface area contributed by atoms with Crippen LogP contribution in [0, 0.1) is 26.6 Å². The molecule has 1 heterocycles. The molecule has 0 aliphatic rings. The first kappa shape index (κ1) is 28.6. The lowest BCUT2D eigenvalue weighted by Gasteiger charge is -2.24. The number of aromatic nitrogens is 1. The number of amides is 1. The lowest BCUT2D eigenvalue weighted by Crippen LogP contribution is -2.39. The maximum atomic E-state index is 14.4. The standard InChI is InChI=1S/C30H31FN4O4S/c1-5-39-26-14-12-25(13-15-26)34(40(37,38)27-16-10-21(2)11-17-27)20-30(36)33-32-19-24-18-22(3)35(23(24)4)29-9-7-6-8-28(29)31/h6-19H,5,20H2,1-4H3,(H,33,36)/b32-19-. The molecule has 0 aliphatic heterocycles. The van der Waals surface area contributed by atoms with E-state index < -0.39 is 22.5 Å². The van der Waals surface area contributed by atoms with Gasteiger partial charge in [-0.2, -0.15) is 5.10 Å². The van der Waals surface area contributed by atoms with Crippen LogP contribution < -0.4 is 14.5 Å². The number of anilines is 1. The van der Waals surface area contributed by atoms with Gasteiger partial charge in [-0.25, -0.2) is 18.2 Å². The number of nitrogens with one attached hydrogen (secondary N) is 1. The van der Waals surface area contributed by atoms with Gasteiger partial charge in [0.15, 0.2) is 0 Å². The monoisotopic (exact) mass is 562 g/mol. The molecule has 0 saturated carbocycles. The first-order valence-corrected chi connectivity index (χ1v) is 14.1. The van der Waals surface area contributed by atoms with Gasteiger partial charge in [0, 0.05) is 17.0 Å². The number of carbonyl (C=O) groups excluding carboxylic acids is 1. The van der Waals surface area contributed by atoms with Crippen LogP contribution in [0.4, 0.5) is 10.1 Å². The van der Waals surface area contributed by atoms with Gasteiger partial charge in [0.2, 0.25) is 0 Å². The summed E-state index contributed by atoms with van der Waals surface area (Å²) in [5.74, 6) is -0.407. The topological polar surface area (TPSA) is 93.0 Å². The van der Waals surface area contributed by atoms with E-state index in [0.717, 1.165) is 21.3 Å². The van der Waals surface area contributed by atoms with Gasteiger partial charge in [-0.15, -0.1) is 0 Å². The number of sulfonamides is 1. The highest BCUT2D eigenvalue weighted by Gasteiger charge is 2.27. The van der Waals surface area contributed by atoms with Crippen molar-refractivity contribution in [2.75, 3.05) is 17.5 Å². The lowest BCUT2D eigenvalue weighted by atomic mass is 10.2. The van der Waals surface area contributed by atoms with Crippen molar-refractivity contribution in [1.29, 1.82) is 0 Å². The second-order valence-corrected chi connectivity index (χ2v) is 11.0. The SMILES string of the molecule is CCOc1ccc(N(CC(=O)N/N=C\c2cc(C)n(-c3ccccc3F)c2C)S(=O)(=O)c2ccc(C)cc2)cc1. The van der Waals surface area contributed by atoms with E-state index in [2.05, 4.69) is 10.5 Å². The smallest absolute Gasteiger partial charge is 0.264 e. The van der Waals surface area contributed by atoms with E-state index >= 15 is 0 Å². The van der Waals surface area contributed by atoms with Gasteiger partial charge in [0.1, 0.15) is 18.1 Å². The molecule has 10 heteroatoms. The van der Waals surface area contributed by atoms with Crippen LogP contribution in [0.15, 0.2) is 88.9 Å². The zero-order chi connectivity index (χ0) is 28.9. The molecule has 0 aliphatic carbocycles. The molecule has 0 spiro atoms. The van der Waals surface area contributed by atoms with E-state index in [1.165, 1.54) is 24.4 Å². The first-order chi connectivity index (χ1) is 19.1. The summed E-state index contributed by atoms with van der Waals surface area (Å²) in [6, 6.07) is 21.2. The predicted molar refractivity (Wildman–Crippen MR) is 154 cm³/mol. The number of benzene rings is 3. The normalized spacial score (nSPS) is 11.5. The Morgan fingerprint density at radius 3 is 2.35 bits per heavy atom. The Hall–Kier alpha value is -4.44. The van der Waals surface area contributed by atoms with Crippen LogP contribution in [0.5, 0.6) is 5.75 Å². The molecule has 1 aromatic heterocycles. The highest BCUT2D eigenvalue weighted by molar-refractivity contribution is 7.92. The average molecular weight is 563 g/mol. The third kappa shape index (κ3) is 6.23. The first-order valence-electron chi connectivity index (χ1n) is 12.7. The number of nitrogens with zero attached hydrogens (tertiary/aromatic N) is 3. The van der Waals surface area contributed by atoms with E-state index in [9.17, 15) is 17.6 Å². The van der Waals surface area contributed by atoms with Crippen molar-refractivity contribution >= 4 is 27.8 Å². The summed E-state index contributed by atoms with van der Waals surface area (Å²) in [6.45, 7) is 7.35. The van der Waals surface area contributed by atoms with Crippen LogP contribution in [0.2, 0.25) is 0 Å². The molecule has 208 valence electrons. The molecule has 0 atom stereocenters. The summed E-state index contributed by atoms with van der Waals surface area (Å²) in [7, 11) is -4.07. The molecule has 0 bridgehead atoms. The van der Waals surface area contributed by atoms with Gasteiger partial charge in [-0.1, -0.05) is 29.8 Å². The Balaban J connectivity index is 1.56. The fourth-order valence-corrected chi connectivity index (χ4v) is 5.71. The number of rotatable bonds is 10. The minimum atomic E-state index is -4.07. The molecule has 0 saturated heterocycles. The molecule has 8 nitrogen and oxygen atoms in total. The summed E-state index contributed by atoms with van der Waals surface area (Å²) < 4.78 is 49.8. The van der Waals surface area contributed by atoms with Crippen LogP contribution in [0.1, 0.15) is 29.4 Å². The van der Waals surface area contributed by atoms with Crippen LogP contribution in [0.3, 0.4) is 0 Å². The van der Waals surface area contributed by atoms with Crippen molar-refractivity contribution in [3.63, 3.8) is 0 Å². The Morgan fingerprint density at radius 2 is 1.70 bits per heavy atom. The predicted octanol–water partition coefficient (Wildman–Crippen LogP) is 5.29. The van der Waals surface area contributed by atoms with Gasteiger partial charge in [0.05, 0.1) is 29.1 Å².